The average molecular weight is 956 g/mol. The first-order chi connectivity index (χ1) is 38.8. The van der Waals surface area contributed by atoms with E-state index in [0.29, 0.717) is 0 Å². The van der Waals surface area contributed by atoms with E-state index in [2.05, 4.69) is 5.01 Å². The van der Waals surface area contributed by atoms with E-state index in [0.717, 1.165) is 0 Å². The molecule has 324 valence electrons. The highest BCUT2D eigenvalue weighted by molar-refractivity contribution is 6.83. The molecular formula is C73H5N3O2. The molecule has 0 radical (unpaired) electrons. The van der Waals surface area contributed by atoms with Gasteiger partial charge in [-0.25, -0.2) is 5.01 Å². The van der Waals surface area contributed by atoms with Crippen LogP contribution in [-0.2, 0) is 20.6 Å². The maximum atomic E-state index is 14.6. The van der Waals surface area contributed by atoms with Gasteiger partial charge in [0, 0.05) is 22.3 Å². The normalized spacial score (nSPS) is 22.0. The van der Waals surface area contributed by atoms with Crippen molar-refractivity contribution in [3.05, 3.63) is 22.3 Å². The molecule has 4 aliphatic carbocycles. The first-order valence-electron chi connectivity index (χ1n) is 28.6. The van der Waals surface area contributed by atoms with E-state index in [1.807, 2.05) is 0 Å². The summed E-state index contributed by atoms with van der Waals surface area (Å²) >= 11 is 0. The number of benzene rings is 23. The van der Waals surface area contributed by atoms with Gasteiger partial charge in [0.15, 0.2) is 5.54 Å². The fraction of sp³-hybridized carbons (Fsp3) is 0.0548. The fourth-order valence-corrected chi connectivity index (χ4v) is 28.1. The van der Waals surface area contributed by atoms with Crippen LogP contribution in [0.1, 0.15) is 22.3 Å². The van der Waals surface area contributed by atoms with E-state index in [-0.39, 0.29) is 12.5 Å². The SMILES string of the molecule is COC(=O)CN1N=NC23c4c5c6c7c8c9c(c%10c%11c2c2c4c4c%12c5c5c6c6c8c8c%13c9c9c%10c%10c%14c%11c%11c2c2c4c4c%12c%12c5c5c6c8c6c8c%13c%13c9c%10c9c%10c%14c%11c%11c2c2c4c4c%12c5c6c5c4c4c2c%11c%10c2c9c%13c8c5c24)C713. The zero-order valence-electron chi connectivity index (χ0n) is 39.4. The fourth-order valence-electron chi connectivity index (χ4n) is 28.1. The number of hydrogen-bond acceptors (Lipinski definition) is 5. The summed E-state index contributed by atoms with van der Waals surface area (Å²) in [6, 6.07) is 0. The molecule has 33 aromatic rings. The highest BCUT2D eigenvalue weighted by Crippen LogP contribution is 2.86. The molecule has 33 aromatic carbocycles. The first kappa shape index (κ1) is 28.2. The molecule has 2 unspecified atom stereocenters. The van der Waals surface area contributed by atoms with Crippen LogP contribution in [0.15, 0.2) is 10.3 Å². The van der Waals surface area contributed by atoms with Gasteiger partial charge in [-0.1, -0.05) is 5.22 Å². The molecule has 5 aliphatic rings. The van der Waals surface area contributed by atoms with Crippen molar-refractivity contribution in [3.8, 4) is 0 Å². The number of nitrogens with zero attached hydrogens (tertiary/aromatic N) is 3. The molecule has 0 bridgehead atoms. The predicted molar refractivity (Wildman–Crippen MR) is 321 cm³/mol. The van der Waals surface area contributed by atoms with E-state index in [9.17, 15) is 4.79 Å². The van der Waals surface area contributed by atoms with Crippen LogP contribution in [0.5, 0.6) is 0 Å². The third-order valence-electron chi connectivity index (χ3n) is 28.2. The van der Waals surface area contributed by atoms with Crippen LogP contribution in [0.4, 0.5) is 0 Å². The summed E-state index contributed by atoms with van der Waals surface area (Å²) in [5, 5.41) is 114. The predicted octanol–water partition coefficient (Wildman–Crippen LogP) is 19.0. The molecule has 0 fully saturated rings. The lowest BCUT2D eigenvalue weighted by Gasteiger charge is -2.50. The van der Waals surface area contributed by atoms with E-state index >= 15 is 0 Å². The van der Waals surface area contributed by atoms with Gasteiger partial charge in [-0.2, -0.15) is 5.11 Å². The van der Waals surface area contributed by atoms with Gasteiger partial charge in [0.25, 0.3) is 0 Å². The van der Waals surface area contributed by atoms with Crippen LogP contribution < -0.4 is 0 Å². The second-order valence-electron chi connectivity index (χ2n) is 28.2. The van der Waals surface area contributed by atoms with E-state index in [1.165, 1.54) is 114 Å². The van der Waals surface area contributed by atoms with Crippen LogP contribution in [0.25, 0.3) is 345 Å². The molecule has 2 atom stereocenters. The van der Waals surface area contributed by atoms with Gasteiger partial charge in [-0.3, -0.25) is 4.79 Å². The third kappa shape index (κ3) is 1.44. The maximum Gasteiger partial charge on any atom is 0.327 e. The van der Waals surface area contributed by atoms with Gasteiger partial charge in [0.2, 0.25) is 0 Å². The second kappa shape index (κ2) is 6.26. The number of esters is 1. The molecule has 38 rings (SSSR count). The van der Waals surface area contributed by atoms with E-state index in [4.69, 9.17) is 15.1 Å². The lowest BCUT2D eigenvalue weighted by Crippen LogP contribution is -2.57. The Balaban J connectivity index is 1.15. The van der Waals surface area contributed by atoms with Gasteiger partial charge in [-0.05, 0) is 345 Å². The zero-order valence-corrected chi connectivity index (χ0v) is 39.4. The minimum absolute atomic E-state index is 0.0388. The second-order valence-corrected chi connectivity index (χ2v) is 28.2. The van der Waals surface area contributed by atoms with Gasteiger partial charge in [-0.15, -0.1) is 0 Å². The molecule has 0 saturated carbocycles. The van der Waals surface area contributed by atoms with Crippen molar-refractivity contribution in [2.45, 2.75) is 11.1 Å². The van der Waals surface area contributed by atoms with Crippen molar-refractivity contribution in [2.24, 2.45) is 10.3 Å². The number of methoxy groups -OCH3 is 1. The molecule has 5 heteroatoms. The summed E-state index contributed by atoms with van der Waals surface area (Å²) in [6.45, 7) is 0.0388. The van der Waals surface area contributed by atoms with Crippen molar-refractivity contribution in [1.82, 2.24) is 5.01 Å². The summed E-state index contributed by atoms with van der Waals surface area (Å²) in [6.07, 6.45) is 0. The Morgan fingerprint density at radius 1 is 0.269 bits per heavy atom. The average Bonchev–Trinajstić information content (AvgIpc) is 1.43. The quantitative estimate of drug-likeness (QED) is 0.0985. The highest BCUT2D eigenvalue weighted by atomic mass is 16.5. The summed E-state index contributed by atoms with van der Waals surface area (Å²) < 4.78 is 5.83. The van der Waals surface area contributed by atoms with Crippen LogP contribution in [0.2, 0.25) is 0 Å². The standard InChI is InChI=1S/C73H5N3O2/c1-78-3(77)2-76-73-70-64-56-44-34-25-13-9-4-5-7-8-6(4)11-17(13)27-31-21(11)24-15(8)19-18-14(7)22-20-10(5)16-12(9)23(25)33-37-26(16)30(20)41-42-32(22)38-28(18)36-29(19)40-35(24)46-45(31)57(50(56)39(27)34)66(70)67-58(46)51(40)59-49(36)55-48(38)53(42)61-60-52(41)47(37)54(43(33)44)62(64)68(60)72(73,74-75-76)69(61)63(55)65(59)71(67)73/h2H2,1H3. The molecular weight excluding hydrogens is 951 g/mol. The topological polar surface area (TPSA) is 54.3 Å². The summed E-state index contributed by atoms with van der Waals surface area (Å²) in [7, 11) is 1.57. The molecule has 0 N–H and O–H groups in total. The zero-order chi connectivity index (χ0) is 46.2. The molecule has 0 saturated heterocycles. The molecule has 2 spiro atoms. The van der Waals surface area contributed by atoms with Crippen LogP contribution in [-0.4, -0.2) is 24.6 Å². The van der Waals surface area contributed by atoms with Crippen LogP contribution in [0, 0.1) is 0 Å². The largest absolute Gasteiger partial charge is 0.468 e. The van der Waals surface area contributed by atoms with Gasteiger partial charge < -0.3 is 4.74 Å². The Bertz CT molecular complexity index is 8890. The molecule has 5 nitrogen and oxygen atoms in total. The van der Waals surface area contributed by atoms with Crippen LogP contribution in [0.3, 0.4) is 0 Å². The lowest BCUT2D eigenvalue weighted by atomic mass is 9.57. The first-order valence-corrected chi connectivity index (χ1v) is 28.6. The minimum atomic E-state index is -0.931. The van der Waals surface area contributed by atoms with Crippen molar-refractivity contribution in [3.63, 3.8) is 0 Å². The number of carbonyl (C=O) groups is 1. The Morgan fingerprint density at radius 2 is 0.423 bits per heavy atom. The molecule has 1 heterocycles. The highest BCUT2D eigenvalue weighted by Gasteiger charge is 2.75. The lowest BCUT2D eigenvalue weighted by molar-refractivity contribution is -0.143. The van der Waals surface area contributed by atoms with Crippen molar-refractivity contribution < 1.29 is 9.53 Å². The van der Waals surface area contributed by atoms with Gasteiger partial charge >= 0.3 is 5.97 Å². The minimum Gasteiger partial charge on any atom is -0.468 e. The third-order valence-corrected chi connectivity index (χ3v) is 28.2. The Labute approximate surface area is 420 Å². The van der Waals surface area contributed by atoms with E-state index < -0.39 is 11.1 Å². The van der Waals surface area contributed by atoms with Crippen LogP contribution >= 0.6 is 0 Å². The van der Waals surface area contributed by atoms with Crippen molar-refractivity contribution in [2.75, 3.05) is 13.7 Å². The van der Waals surface area contributed by atoms with Crippen molar-refractivity contribution in [1.29, 1.82) is 0 Å². The number of rotatable bonds is 2. The van der Waals surface area contributed by atoms with Crippen molar-refractivity contribution >= 4 is 351 Å². The number of ether oxygens (including phenoxy) is 1. The molecule has 0 amide bonds. The van der Waals surface area contributed by atoms with E-state index in [1.54, 1.807) is 260 Å². The Hall–Kier alpha value is -9.97. The number of hydrogen-bond donors (Lipinski definition) is 0. The summed E-state index contributed by atoms with van der Waals surface area (Å²) in [5.41, 5.74) is 3.83. The Morgan fingerprint density at radius 3 is 0.590 bits per heavy atom. The maximum absolute atomic E-state index is 14.6. The van der Waals surface area contributed by atoms with Gasteiger partial charge in [0.1, 0.15) is 12.1 Å². The molecule has 1 aliphatic heterocycles. The molecule has 0 aromatic heterocycles. The molecule has 78 heavy (non-hydrogen) atoms. The Kier molecular flexibility index (Phi) is 2.27. The smallest absolute Gasteiger partial charge is 0.327 e. The monoisotopic (exact) mass is 955 g/mol. The number of carbonyl (C=O) groups excluding carboxylic acids is 1. The summed E-state index contributed by atoms with van der Waals surface area (Å²) in [4.78, 5) is 14.6. The van der Waals surface area contributed by atoms with Gasteiger partial charge in [0.05, 0.1) is 7.11 Å². The summed E-state index contributed by atoms with van der Waals surface area (Å²) in [5.74, 6) is -0.251.